The van der Waals surface area contributed by atoms with Crippen LogP contribution in [0.5, 0.6) is 0 Å². The fourth-order valence-corrected chi connectivity index (χ4v) is 10.9. The van der Waals surface area contributed by atoms with Crippen molar-refractivity contribution in [2.45, 2.75) is 19.3 Å². The zero-order chi connectivity index (χ0) is 41.8. The van der Waals surface area contributed by atoms with E-state index in [1.165, 1.54) is 72.1 Å². The Labute approximate surface area is 367 Å². The molecule has 2 aliphatic rings. The molecule has 0 unspecified atom stereocenters. The van der Waals surface area contributed by atoms with Crippen LogP contribution in [-0.4, -0.2) is 0 Å². The third-order valence-corrected chi connectivity index (χ3v) is 13.9. The highest BCUT2D eigenvalue weighted by atomic mass is 16.3. The van der Waals surface area contributed by atoms with Crippen molar-refractivity contribution < 1.29 is 4.42 Å². The number of anilines is 3. The minimum Gasteiger partial charge on any atom is -0.455 e. The second kappa shape index (κ2) is 13.5. The highest BCUT2D eigenvalue weighted by Gasteiger charge is 2.37. The molecular formula is C61H41NO. The molecule has 0 amide bonds. The number of hydrogen-bond acceptors (Lipinski definition) is 2. The van der Waals surface area contributed by atoms with Gasteiger partial charge in [-0.25, -0.2) is 0 Å². The predicted molar refractivity (Wildman–Crippen MR) is 264 cm³/mol. The molecule has 296 valence electrons. The molecule has 0 aliphatic heterocycles. The van der Waals surface area contributed by atoms with E-state index < -0.39 is 0 Å². The van der Waals surface area contributed by atoms with Gasteiger partial charge in [-0.1, -0.05) is 196 Å². The molecule has 0 bridgehead atoms. The molecule has 0 fully saturated rings. The summed E-state index contributed by atoms with van der Waals surface area (Å²) in [4.78, 5) is 2.45. The number of nitrogens with zero attached hydrogens (tertiary/aromatic N) is 1. The lowest BCUT2D eigenvalue weighted by Crippen LogP contribution is -2.16. The van der Waals surface area contributed by atoms with Crippen LogP contribution in [0, 0.1) is 0 Å². The molecule has 0 radical (unpaired) electrons. The average Bonchev–Trinajstić information content (AvgIpc) is 3.97. The van der Waals surface area contributed by atoms with E-state index in [0.717, 1.165) is 55.6 Å². The number of furan rings is 1. The van der Waals surface area contributed by atoms with Gasteiger partial charge < -0.3 is 9.32 Å². The van der Waals surface area contributed by atoms with Gasteiger partial charge >= 0.3 is 0 Å². The van der Waals surface area contributed by atoms with Gasteiger partial charge in [-0.3, -0.25) is 0 Å². The predicted octanol–water partition coefficient (Wildman–Crippen LogP) is 17.2. The molecule has 0 spiro atoms. The Morgan fingerprint density at radius 2 is 0.794 bits per heavy atom. The molecule has 11 aromatic rings. The largest absolute Gasteiger partial charge is 0.455 e. The molecule has 2 heteroatoms. The molecule has 1 heterocycles. The Morgan fingerprint density at radius 1 is 0.333 bits per heavy atom. The van der Waals surface area contributed by atoms with Crippen LogP contribution in [0.2, 0.25) is 0 Å². The fourth-order valence-electron chi connectivity index (χ4n) is 10.9. The molecule has 0 N–H and O–H groups in total. The van der Waals surface area contributed by atoms with Crippen molar-refractivity contribution in [3.8, 4) is 66.8 Å². The molecule has 0 saturated carbocycles. The van der Waals surface area contributed by atoms with Gasteiger partial charge in [0, 0.05) is 44.3 Å². The van der Waals surface area contributed by atoms with E-state index in [9.17, 15) is 0 Å². The van der Waals surface area contributed by atoms with E-state index in [0.29, 0.717) is 0 Å². The minimum atomic E-state index is -0.123. The van der Waals surface area contributed by atoms with Crippen LogP contribution < -0.4 is 4.90 Å². The third-order valence-electron chi connectivity index (χ3n) is 13.9. The van der Waals surface area contributed by atoms with Gasteiger partial charge in [0.05, 0.1) is 5.69 Å². The first-order chi connectivity index (χ1) is 31.0. The summed E-state index contributed by atoms with van der Waals surface area (Å²) < 4.78 is 6.84. The summed E-state index contributed by atoms with van der Waals surface area (Å²) in [7, 11) is 0. The molecule has 0 atom stereocenters. The summed E-state index contributed by atoms with van der Waals surface area (Å²) in [5.74, 6) is 0. The summed E-state index contributed by atoms with van der Waals surface area (Å²) >= 11 is 0. The summed E-state index contributed by atoms with van der Waals surface area (Å²) in [6.45, 7) is 4.71. The quantitative estimate of drug-likeness (QED) is 0.166. The SMILES string of the molecule is CC1(C)c2ccccc2-c2c(N(c3ccc(-c4ccc5c6c(cccc46)-c4ccccc4-5)cc3)c3ccc(-c4cccc5c4oc4c(-c6ccccc6)cccc45)cc3)cccc21. The van der Waals surface area contributed by atoms with Gasteiger partial charge in [0.1, 0.15) is 11.2 Å². The maximum atomic E-state index is 6.84. The maximum absolute atomic E-state index is 6.84. The van der Waals surface area contributed by atoms with Crippen molar-refractivity contribution in [2.75, 3.05) is 4.90 Å². The zero-order valence-electron chi connectivity index (χ0n) is 35.1. The van der Waals surface area contributed by atoms with Gasteiger partial charge in [-0.05, 0) is 102 Å². The van der Waals surface area contributed by atoms with Crippen molar-refractivity contribution in [3.63, 3.8) is 0 Å². The smallest absolute Gasteiger partial charge is 0.143 e. The molecule has 0 saturated heterocycles. The first-order valence-electron chi connectivity index (χ1n) is 21.9. The second-order valence-corrected chi connectivity index (χ2v) is 17.6. The summed E-state index contributed by atoms with van der Waals surface area (Å²) in [5.41, 5.74) is 22.5. The normalized spacial score (nSPS) is 13.0. The van der Waals surface area contributed by atoms with Gasteiger partial charge in [0.15, 0.2) is 0 Å². The second-order valence-electron chi connectivity index (χ2n) is 17.6. The summed E-state index contributed by atoms with van der Waals surface area (Å²) in [6.07, 6.45) is 0. The van der Waals surface area contributed by atoms with E-state index in [-0.39, 0.29) is 5.41 Å². The van der Waals surface area contributed by atoms with Crippen LogP contribution in [0.3, 0.4) is 0 Å². The highest BCUT2D eigenvalue weighted by Crippen LogP contribution is 2.55. The van der Waals surface area contributed by atoms with Crippen LogP contribution in [0.15, 0.2) is 217 Å². The van der Waals surface area contributed by atoms with Crippen molar-refractivity contribution in [2.24, 2.45) is 0 Å². The number of rotatable bonds is 6. The van der Waals surface area contributed by atoms with E-state index in [4.69, 9.17) is 4.42 Å². The van der Waals surface area contributed by atoms with Crippen molar-refractivity contribution in [3.05, 3.63) is 223 Å². The van der Waals surface area contributed by atoms with E-state index in [1.54, 1.807) is 0 Å². The average molecular weight is 804 g/mol. The topological polar surface area (TPSA) is 16.4 Å². The minimum absolute atomic E-state index is 0.123. The van der Waals surface area contributed by atoms with Crippen LogP contribution >= 0.6 is 0 Å². The van der Waals surface area contributed by atoms with Crippen LogP contribution in [0.25, 0.3) is 99.5 Å². The lowest BCUT2D eigenvalue weighted by molar-refractivity contribution is 0.660. The van der Waals surface area contributed by atoms with Crippen molar-refractivity contribution >= 4 is 49.8 Å². The Hall–Kier alpha value is -7.94. The summed E-state index contributed by atoms with van der Waals surface area (Å²) in [6, 6.07) is 77.7. The van der Waals surface area contributed by atoms with Gasteiger partial charge in [-0.2, -0.15) is 0 Å². The van der Waals surface area contributed by atoms with E-state index in [2.05, 4.69) is 231 Å². The van der Waals surface area contributed by atoms with Crippen molar-refractivity contribution in [1.82, 2.24) is 0 Å². The molecule has 10 aromatic carbocycles. The van der Waals surface area contributed by atoms with Crippen LogP contribution in [-0.2, 0) is 5.41 Å². The molecular weight excluding hydrogens is 763 g/mol. The van der Waals surface area contributed by atoms with E-state index >= 15 is 0 Å². The van der Waals surface area contributed by atoms with E-state index in [1.807, 2.05) is 0 Å². The number of fused-ring (bicyclic) bond motifs is 9. The lowest BCUT2D eigenvalue weighted by atomic mass is 9.82. The molecule has 13 rings (SSSR count). The first kappa shape index (κ1) is 35.8. The van der Waals surface area contributed by atoms with Crippen LogP contribution in [0.4, 0.5) is 17.1 Å². The Kier molecular flexibility index (Phi) is 7.68. The summed E-state index contributed by atoms with van der Waals surface area (Å²) in [5, 5.41) is 4.88. The first-order valence-corrected chi connectivity index (χ1v) is 21.9. The monoisotopic (exact) mass is 803 g/mol. The highest BCUT2D eigenvalue weighted by molar-refractivity contribution is 6.19. The molecule has 2 nitrogen and oxygen atoms in total. The standard InChI is InChI=1S/C61H41NO/c1-61(2)54-25-9-8-18-53(54)58-55(61)26-13-27-56(58)62(41-32-28-39(29-33-41)43-36-37-50-47-17-7-6-16-46(47)49-22-12-21-48(43)57(49)50)42-34-30-40(31-35-42)45-20-11-24-52-51-23-10-19-44(59(51)63-60(45)52)38-14-4-3-5-15-38/h3-37H,1-2H3. The third kappa shape index (κ3) is 5.25. The van der Waals surface area contributed by atoms with Crippen molar-refractivity contribution in [1.29, 1.82) is 0 Å². The number of hydrogen-bond donors (Lipinski definition) is 0. The van der Waals surface area contributed by atoms with Crippen LogP contribution in [0.1, 0.15) is 25.0 Å². The Balaban J connectivity index is 0.947. The maximum Gasteiger partial charge on any atom is 0.143 e. The van der Waals surface area contributed by atoms with Gasteiger partial charge in [0.25, 0.3) is 0 Å². The number of para-hydroxylation sites is 2. The number of benzene rings is 10. The molecule has 63 heavy (non-hydrogen) atoms. The lowest BCUT2D eigenvalue weighted by Gasteiger charge is -2.29. The molecule has 1 aromatic heterocycles. The van der Waals surface area contributed by atoms with Gasteiger partial charge in [0.2, 0.25) is 0 Å². The molecule has 2 aliphatic carbocycles. The van der Waals surface area contributed by atoms with Gasteiger partial charge in [-0.15, -0.1) is 0 Å². The Morgan fingerprint density at radius 3 is 1.44 bits per heavy atom. The zero-order valence-corrected chi connectivity index (χ0v) is 35.1. The Bertz CT molecular complexity index is 3600. The fraction of sp³-hybridized carbons (Fsp3) is 0.0492.